The molecule has 2 bridgehead atoms. The van der Waals surface area contributed by atoms with Gasteiger partial charge in [0.05, 0.1) is 12.2 Å². The van der Waals surface area contributed by atoms with Crippen LogP contribution in [0.4, 0.5) is 0 Å². The van der Waals surface area contributed by atoms with E-state index in [-0.39, 0.29) is 0 Å². The first kappa shape index (κ1) is 12.8. The minimum atomic E-state index is 0.330. The lowest BCUT2D eigenvalue weighted by Crippen LogP contribution is -2.46. The highest BCUT2D eigenvalue weighted by Crippen LogP contribution is 2.45. The van der Waals surface area contributed by atoms with Crippen molar-refractivity contribution in [1.29, 1.82) is 0 Å². The molecule has 2 fully saturated rings. The Kier molecular flexibility index (Phi) is 2.94. The Hall–Kier alpha value is -0.860. The molecule has 0 saturated carbocycles. The molecule has 20 heavy (non-hydrogen) atoms. The highest BCUT2D eigenvalue weighted by atomic mass is 16.5. The van der Waals surface area contributed by atoms with Crippen LogP contribution in [0.2, 0.25) is 0 Å². The third-order valence-electron chi connectivity index (χ3n) is 5.67. The number of rotatable bonds is 2. The van der Waals surface area contributed by atoms with Crippen molar-refractivity contribution in [3.63, 3.8) is 0 Å². The molecule has 3 aliphatic rings. The quantitative estimate of drug-likeness (QED) is 0.887. The third-order valence-corrected chi connectivity index (χ3v) is 5.67. The lowest BCUT2D eigenvalue weighted by Gasteiger charge is -2.43. The molecule has 1 aromatic carbocycles. The van der Waals surface area contributed by atoms with E-state index in [9.17, 15) is 0 Å². The number of fused-ring (bicyclic) bond motifs is 3. The van der Waals surface area contributed by atoms with Gasteiger partial charge in [-0.05, 0) is 48.6 Å². The fourth-order valence-electron chi connectivity index (χ4n) is 4.41. The molecule has 2 aliphatic heterocycles. The standard InChI is InChI=1S/C18H25NO/c1-18(2)10-9-12-5-3-4-6-14(12)17(18)19-15-11-13-7-8-16(15)20-13/h3-6,13,15-17,19H,7-11H2,1-2H3. The number of aryl methyl sites for hydroxylation is 1. The van der Waals surface area contributed by atoms with E-state index < -0.39 is 0 Å². The average Bonchev–Trinajstić information content (AvgIpc) is 3.04. The van der Waals surface area contributed by atoms with Gasteiger partial charge in [-0.1, -0.05) is 38.1 Å². The Labute approximate surface area is 121 Å². The summed E-state index contributed by atoms with van der Waals surface area (Å²) in [6, 6.07) is 10.0. The van der Waals surface area contributed by atoms with Gasteiger partial charge in [0.25, 0.3) is 0 Å². The number of ether oxygens (including phenoxy) is 1. The van der Waals surface area contributed by atoms with Gasteiger partial charge in [-0.15, -0.1) is 0 Å². The molecule has 2 heterocycles. The normalized spacial score (nSPS) is 37.9. The first-order valence-corrected chi connectivity index (χ1v) is 8.13. The predicted octanol–water partition coefficient (Wildman–Crippen LogP) is 3.61. The average molecular weight is 271 g/mol. The van der Waals surface area contributed by atoms with Crippen LogP contribution in [0.3, 0.4) is 0 Å². The summed E-state index contributed by atoms with van der Waals surface area (Å²) in [7, 11) is 0. The highest BCUT2D eigenvalue weighted by molar-refractivity contribution is 5.34. The minimum absolute atomic E-state index is 0.330. The van der Waals surface area contributed by atoms with Crippen LogP contribution in [0.5, 0.6) is 0 Å². The van der Waals surface area contributed by atoms with Gasteiger partial charge in [0, 0.05) is 12.1 Å². The van der Waals surface area contributed by atoms with Crippen molar-refractivity contribution in [3.8, 4) is 0 Å². The van der Waals surface area contributed by atoms with E-state index in [0.29, 0.717) is 29.7 Å². The molecule has 0 amide bonds. The lowest BCUT2D eigenvalue weighted by molar-refractivity contribution is 0.0902. The van der Waals surface area contributed by atoms with Crippen LogP contribution >= 0.6 is 0 Å². The van der Waals surface area contributed by atoms with Gasteiger partial charge in [-0.25, -0.2) is 0 Å². The highest BCUT2D eigenvalue weighted by Gasteiger charge is 2.44. The summed E-state index contributed by atoms with van der Waals surface area (Å²) in [6.07, 6.45) is 7.20. The summed E-state index contributed by atoms with van der Waals surface area (Å²) < 4.78 is 6.02. The van der Waals surface area contributed by atoms with Crippen molar-refractivity contribution in [2.75, 3.05) is 0 Å². The van der Waals surface area contributed by atoms with Crippen molar-refractivity contribution < 1.29 is 4.74 Å². The van der Waals surface area contributed by atoms with E-state index in [1.165, 1.54) is 43.2 Å². The molecule has 1 N–H and O–H groups in total. The number of hydrogen-bond acceptors (Lipinski definition) is 2. The summed E-state index contributed by atoms with van der Waals surface area (Å²) in [5.41, 5.74) is 3.39. The molecular formula is C18H25NO. The minimum Gasteiger partial charge on any atom is -0.373 e. The molecule has 108 valence electrons. The first-order valence-electron chi connectivity index (χ1n) is 8.13. The summed E-state index contributed by atoms with van der Waals surface area (Å²) >= 11 is 0. The van der Waals surface area contributed by atoms with Gasteiger partial charge in [0.2, 0.25) is 0 Å². The maximum atomic E-state index is 6.02. The van der Waals surface area contributed by atoms with Crippen molar-refractivity contribution >= 4 is 0 Å². The van der Waals surface area contributed by atoms with Crippen LogP contribution in [0.1, 0.15) is 56.7 Å². The largest absolute Gasteiger partial charge is 0.373 e. The van der Waals surface area contributed by atoms with Crippen molar-refractivity contribution in [2.45, 2.75) is 70.2 Å². The fourth-order valence-corrected chi connectivity index (χ4v) is 4.41. The monoisotopic (exact) mass is 271 g/mol. The van der Waals surface area contributed by atoms with E-state index in [0.717, 1.165) is 0 Å². The van der Waals surface area contributed by atoms with Crippen molar-refractivity contribution in [1.82, 2.24) is 5.32 Å². The Morgan fingerprint density at radius 3 is 2.80 bits per heavy atom. The van der Waals surface area contributed by atoms with Crippen LogP contribution < -0.4 is 5.32 Å². The molecule has 1 aliphatic carbocycles. The second-order valence-electron chi connectivity index (χ2n) is 7.50. The molecular weight excluding hydrogens is 246 g/mol. The summed E-state index contributed by atoms with van der Waals surface area (Å²) in [5, 5.41) is 3.97. The SMILES string of the molecule is CC1(C)CCc2ccccc2C1NC1CC2CCC1O2. The van der Waals surface area contributed by atoms with Crippen molar-refractivity contribution in [2.24, 2.45) is 5.41 Å². The molecule has 0 radical (unpaired) electrons. The molecule has 4 rings (SSSR count). The van der Waals surface area contributed by atoms with Gasteiger partial charge in [-0.2, -0.15) is 0 Å². The first-order chi connectivity index (χ1) is 9.63. The van der Waals surface area contributed by atoms with Crippen molar-refractivity contribution in [3.05, 3.63) is 35.4 Å². The maximum absolute atomic E-state index is 6.02. The molecule has 0 spiro atoms. The smallest absolute Gasteiger partial charge is 0.0733 e. The van der Waals surface area contributed by atoms with Crippen LogP contribution in [0, 0.1) is 5.41 Å². The molecule has 4 unspecified atom stereocenters. The maximum Gasteiger partial charge on any atom is 0.0733 e. The fraction of sp³-hybridized carbons (Fsp3) is 0.667. The second-order valence-corrected chi connectivity index (χ2v) is 7.50. The molecule has 4 atom stereocenters. The van der Waals surface area contributed by atoms with Crippen LogP contribution in [-0.2, 0) is 11.2 Å². The van der Waals surface area contributed by atoms with E-state index in [1.807, 2.05) is 0 Å². The van der Waals surface area contributed by atoms with Crippen LogP contribution in [0.25, 0.3) is 0 Å². The summed E-state index contributed by atoms with van der Waals surface area (Å²) in [5.74, 6) is 0. The number of nitrogens with one attached hydrogen (secondary N) is 1. The second kappa shape index (κ2) is 4.57. The third kappa shape index (κ3) is 2.01. The predicted molar refractivity (Wildman–Crippen MR) is 80.7 cm³/mol. The molecule has 0 aromatic heterocycles. The molecule has 2 saturated heterocycles. The zero-order valence-electron chi connectivity index (χ0n) is 12.6. The number of benzene rings is 1. The van der Waals surface area contributed by atoms with Gasteiger partial charge in [-0.3, -0.25) is 0 Å². The van der Waals surface area contributed by atoms with E-state index >= 15 is 0 Å². The van der Waals surface area contributed by atoms with E-state index in [1.54, 1.807) is 0 Å². The zero-order valence-corrected chi connectivity index (χ0v) is 12.6. The van der Waals surface area contributed by atoms with E-state index in [4.69, 9.17) is 4.74 Å². The van der Waals surface area contributed by atoms with Crippen LogP contribution in [0.15, 0.2) is 24.3 Å². The van der Waals surface area contributed by atoms with Gasteiger partial charge in [0.15, 0.2) is 0 Å². The summed E-state index contributed by atoms with van der Waals surface area (Å²) in [4.78, 5) is 0. The zero-order chi connectivity index (χ0) is 13.7. The Balaban J connectivity index is 1.61. The summed E-state index contributed by atoms with van der Waals surface area (Å²) in [6.45, 7) is 4.82. The number of hydrogen-bond donors (Lipinski definition) is 1. The molecule has 2 nitrogen and oxygen atoms in total. The Morgan fingerprint density at radius 1 is 1.20 bits per heavy atom. The topological polar surface area (TPSA) is 21.3 Å². The Bertz CT molecular complexity index is 510. The Morgan fingerprint density at radius 2 is 2.05 bits per heavy atom. The molecule has 1 aromatic rings. The van der Waals surface area contributed by atoms with Gasteiger partial charge < -0.3 is 10.1 Å². The molecule has 2 heteroatoms. The van der Waals surface area contributed by atoms with E-state index in [2.05, 4.69) is 43.4 Å². The van der Waals surface area contributed by atoms with Gasteiger partial charge in [0.1, 0.15) is 0 Å². The van der Waals surface area contributed by atoms with Gasteiger partial charge >= 0.3 is 0 Å². The van der Waals surface area contributed by atoms with Crippen LogP contribution in [-0.4, -0.2) is 18.2 Å². The lowest BCUT2D eigenvalue weighted by atomic mass is 9.70.